The first-order chi connectivity index (χ1) is 15.8. The molecule has 7 heteroatoms. The van der Waals surface area contributed by atoms with Crippen molar-refractivity contribution in [1.29, 1.82) is 0 Å². The van der Waals surface area contributed by atoms with Gasteiger partial charge in [-0.3, -0.25) is 0 Å². The molecule has 2 aromatic carbocycles. The molecule has 0 amide bonds. The number of ether oxygens (including phenoxy) is 1. The minimum absolute atomic E-state index is 0.538. The molecule has 4 aromatic rings. The molecule has 0 radical (unpaired) electrons. The van der Waals surface area contributed by atoms with Crippen LogP contribution >= 0.6 is 0 Å². The molecule has 1 aliphatic rings. The number of rotatable bonds is 4. The van der Waals surface area contributed by atoms with Crippen LogP contribution in [-0.2, 0) is 0 Å². The summed E-state index contributed by atoms with van der Waals surface area (Å²) >= 11 is 0. The van der Waals surface area contributed by atoms with Crippen LogP contribution in [0.4, 0.5) is 28.8 Å². The standard InChI is InChI=1S/C26H30N6O/c1-14-7-8-20(16(3)15(14)2)28-25-19-9-10-27-24(19)30-26(31-25)29-21-13-22-23(18(5)17(21)4)33-12-11-32(22)6/h7-10,13H,11-12H2,1-6H3,(H3,27,28,29,30,31). The smallest absolute Gasteiger partial charge is 0.231 e. The van der Waals surface area contributed by atoms with Gasteiger partial charge in [0.15, 0.2) is 0 Å². The number of nitrogens with zero attached hydrogens (tertiary/aromatic N) is 3. The van der Waals surface area contributed by atoms with Gasteiger partial charge in [0.1, 0.15) is 23.8 Å². The number of hydrogen-bond donors (Lipinski definition) is 3. The summed E-state index contributed by atoms with van der Waals surface area (Å²) in [5.41, 5.74) is 9.92. The van der Waals surface area contributed by atoms with Crippen LogP contribution < -0.4 is 20.3 Å². The fourth-order valence-corrected chi connectivity index (χ4v) is 4.31. The van der Waals surface area contributed by atoms with Crippen LogP contribution in [0.1, 0.15) is 27.8 Å². The highest BCUT2D eigenvalue weighted by atomic mass is 16.5. The lowest BCUT2D eigenvalue weighted by Crippen LogP contribution is -2.29. The summed E-state index contributed by atoms with van der Waals surface area (Å²) in [5.74, 6) is 2.26. The second kappa shape index (κ2) is 7.99. The number of anilines is 5. The van der Waals surface area contributed by atoms with Crippen LogP contribution in [0, 0.1) is 34.6 Å². The van der Waals surface area contributed by atoms with Gasteiger partial charge in [0, 0.05) is 24.6 Å². The van der Waals surface area contributed by atoms with E-state index < -0.39 is 0 Å². The molecule has 0 atom stereocenters. The van der Waals surface area contributed by atoms with E-state index >= 15 is 0 Å². The molecular weight excluding hydrogens is 412 g/mol. The second-order valence-electron chi connectivity index (χ2n) is 8.86. The minimum atomic E-state index is 0.538. The van der Waals surface area contributed by atoms with Gasteiger partial charge < -0.3 is 25.3 Å². The first-order valence-electron chi connectivity index (χ1n) is 11.3. The Bertz CT molecular complexity index is 1370. The third kappa shape index (κ3) is 3.63. The molecule has 0 fully saturated rings. The predicted molar refractivity (Wildman–Crippen MR) is 136 cm³/mol. The van der Waals surface area contributed by atoms with Crippen molar-refractivity contribution in [3.05, 3.63) is 58.3 Å². The molecule has 33 heavy (non-hydrogen) atoms. The first kappa shape index (κ1) is 21.1. The van der Waals surface area contributed by atoms with Crippen LogP contribution in [0.15, 0.2) is 30.5 Å². The molecule has 0 saturated heterocycles. The van der Waals surface area contributed by atoms with E-state index in [4.69, 9.17) is 14.7 Å². The average Bonchev–Trinajstić information content (AvgIpc) is 3.27. The van der Waals surface area contributed by atoms with Crippen LogP contribution in [0.25, 0.3) is 11.0 Å². The number of hydrogen-bond acceptors (Lipinski definition) is 6. The Kier molecular flexibility index (Phi) is 5.12. The van der Waals surface area contributed by atoms with Crippen molar-refractivity contribution in [2.45, 2.75) is 34.6 Å². The highest BCUT2D eigenvalue weighted by Gasteiger charge is 2.21. The molecule has 0 unspecified atom stereocenters. The number of aromatic amines is 1. The Morgan fingerprint density at radius 2 is 1.70 bits per heavy atom. The van der Waals surface area contributed by atoms with Gasteiger partial charge in [0.2, 0.25) is 5.95 Å². The molecule has 2 aromatic heterocycles. The van der Waals surface area contributed by atoms with E-state index in [9.17, 15) is 0 Å². The molecule has 1 aliphatic heterocycles. The van der Waals surface area contributed by atoms with Crippen LogP contribution in [0.3, 0.4) is 0 Å². The largest absolute Gasteiger partial charge is 0.489 e. The Morgan fingerprint density at radius 1 is 0.909 bits per heavy atom. The number of fused-ring (bicyclic) bond motifs is 2. The molecule has 3 heterocycles. The van der Waals surface area contributed by atoms with E-state index in [1.54, 1.807) is 0 Å². The Balaban J connectivity index is 1.55. The summed E-state index contributed by atoms with van der Waals surface area (Å²) in [7, 11) is 2.09. The number of H-pyrrole nitrogens is 1. The number of likely N-dealkylation sites (N-methyl/N-ethyl adjacent to an activating group) is 1. The molecule has 7 nitrogen and oxygen atoms in total. The summed E-state index contributed by atoms with van der Waals surface area (Å²) in [6, 6.07) is 8.37. The summed E-state index contributed by atoms with van der Waals surface area (Å²) in [4.78, 5) is 15.0. The number of nitrogens with one attached hydrogen (secondary N) is 3. The van der Waals surface area contributed by atoms with Gasteiger partial charge in [0.05, 0.1) is 17.6 Å². The van der Waals surface area contributed by atoms with Crippen LogP contribution in [0.5, 0.6) is 5.75 Å². The van der Waals surface area contributed by atoms with Gasteiger partial charge in [-0.2, -0.15) is 9.97 Å². The number of aromatic nitrogens is 3. The Labute approximate surface area is 194 Å². The first-order valence-corrected chi connectivity index (χ1v) is 11.3. The normalized spacial score (nSPS) is 13.1. The molecule has 0 saturated carbocycles. The van der Waals surface area contributed by atoms with E-state index in [2.05, 4.69) is 80.4 Å². The van der Waals surface area contributed by atoms with Crippen molar-refractivity contribution in [2.75, 3.05) is 35.7 Å². The van der Waals surface area contributed by atoms with Gasteiger partial charge >= 0.3 is 0 Å². The van der Waals surface area contributed by atoms with Gasteiger partial charge in [0.25, 0.3) is 0 Å². The molecule has 0 aliphatic carbocycles. The van der Waals surface area contributed by atoms with Crippen molar-refractivity contribution in [2.24, 2.45) is 0 Å². The summed E-state index contributed by atoms with van der Waals surface area (Å²) in [6.45, 7) is 12.2. The number of benzene rings is 2. The molecule has 170 valence electrons. The van der Waals surface area contributed by atoms with Crippen molar-refractivity contribution in [3.8, 4) is 5.75 Å². The van der Waals surface area contributed by atoms with Gasteiger partial charge in [-0.15, -0.1) is 0 Å². The lowest BCUT2D eigenvalue weighted by Gasteiger charge is -2.30. The predicted octanol–water partition coefficient (Wildman–Crippen LogP) is 5.82. The molecular formula is C26H30N6O. The van der Waals surface area contributed by atoms with E-state index in [-0.39, 0.29) is 0 Å². The SMILES string of the molecule is Cc1ccc(Nc2nc(Nc3cc4c(c(C)c3C)OCCN4C)nc3[nH]ccc23)c(C)c1C. The zero-order chi connectivity index (χ0) is 23.3. The Hall–Kier alpha value is -3.74. The monoisotopic (exact) mass is 442 g/mol. The summed E-state index contributed by atoms with van der Waals surface area (Å²) in [6.07, 6.45) is 1.89. The van der Waals surface area contributed by atoms with E-state index in [0.29, 0.717) is 12.6 Å². The van der Waals surface area contributed by atoms with Gasteiger partial charge in [-0.1, -0.05) is 6.07 Å². The topological polar surface area (TPSA) is 78.1 Å². The highest BCUT2D eigenvalue weighted by molar-refractivity contribution is 5.91. The van der Waals surface area contributed by atoms with E-state index in [1.165, 1.54) is 16.7 Å². The summed E-state index contributed by atoms with van der Waals surface area (Å²) < 4.78 is 5.96. The van der Waals surface area contributed by atoms with Gasteiger partial charge in [-0.05, 0) is 80.6 Å². The maximum absolute atomic E-state index is 5.96. The van der Waals surface area contributed by atoms with Crippen molar-refractivity contribution in [3.63, 3.8) is 0 Å². The fourth-order valence-electron chi connectivity index (χ4n) is 4.31. The molecule has 0 spiro atoms. The molecule has 0 bridgehead atoms. The zero-order valence-electron chi connectivity index (χ0n) is 20.1. The third-order valence-corrected chi connectivity index (χ3v) is 6.88. The van der Waals surface area contributed by atoms with E-state index in [0.717, 1.165) is 57.3 Å². The third-order valence-electron chi connectivity index (χ3n) is 6.88. The lowest BCUT2D eigenvalue weighted by atomic mass is 10.0. The van der Waals surface area contributed by atoms with Crippen LogP contribution in [-0.4, -0.2) is 35.2 Å². The zero-order valence-corrected chi connectivity index (χ0v) is 20.1. The number of aryl methyl sites for hydroxylation is 1. The maximum Gasteiger partial charge on any atom is 0.231 e. The highest BCUT2D eigenvalue weighted by Crippen LogP contribution is 2.40. The average molecular weight is 443 g/mol. The van der Waals surface area contributed by atoms with E-state index in [1.807, 2.05) is 12.3 Å². The Morgan fingerprint density at radius 3 is 2.52 bits per heavy atom. The second-order valence-corrected chi connectivity index (χ2v) is 8.86. The quantitative estimate of drug-likeness (QED) is 0.370. The minimum Gasteiger partial charge on any atom is -0.489 e. The van der Waals surface area contributed by atoms with Crippen molar-refractivity contribution < 1.29 is 4.74 Å². The van der Waals surface area contributed by atoms with Crippen molar-refractivity contribution >= 4 is 39.9 Å². The summed E-state index contributed by atoms with van der Waals surface area (Å²) in [5, 5.41) is 7.95. The fraction of sp³-hybridized carbons (Fsp3) is 0.308. The van der Waals surface area contributed by atoms with Crippen molar-refractivity contribution in [1.82, 2.24) is 15.0 Å². The van der Waals surface area contributed by atoms with Gasteiger partial charge in [-0.25, -0.2) is 0 Å². The molecule has 5 rings (SSSR count). The molecule has 3 N–H and O–H groups in total. The van der Waals surface area contributed by atoms with Crippen LogP contribution in [0.2, 0.25) is 0 Å². The maximum atomic E-state index is 5.96. The lowest BCUT2D eigenvalue weighted by molar-refractivity contribution is 0.309.